The van der Waals surface area contributed by atoms with Gasteiger partial charge in [0.25, 0.3) is 0 Å². The number of aryl methyl sites for hydroxylation is 1. The minimum absolute atomic E-state index is 0.694. The Morgan fingerprint density at radius 3 is 2.81 bits per heavy atom. The second-order valence-electron chi connectivity index (χ2n) is 6.38. The van der Waals surface area contributed by atoms with Crippen molar-refractivity contribution in [1.82, 2.24) is 9.97 Å². The van der Waals surface area contributed by atoms with E-state index in [0.29, 0.717) is 5.02 Å². The molecule has 0 atom stereocenters. The monoisotopic (exact) mass is 428 g/mol. The van der Waals surface area contributed by atoms with Crippen molar-refractivity contribution in [2.75, 3.05) is 16.8 Å². The molecule has 3 aromatic rings. The summed E-state index contributed by atoms with van der Waals surface area (Å²) in [5.74, 6) is 2.46. The zero-order valence-corrected chi connectivity index (χ0v) is 16.7. The zero-order chi connectivity index (χ0) is 18.1. The highest BCUT2D eigenvalue weighted by atomic mass is 79.9. The van der Waals surface area contributed by atoms with Crippen LogP contribution in [0.2, 0.25) is 5.02 Å². The van der Waals surface area contributed by atoms with Gasteiger partial charge in [-0.05, 0) is 54.8 Å². The Balaban J connectivity index is 1.59. The number of hydrogen-bond acceptors (Lipinski definition) is 4. The third kappa shape index (κ3) is 3.84. The maximum Gasteiger partial charge on any atom is 0.136 e. The number of nitrogens with zero attached hydrogens (tertiary/aromatic N) is 3. The van der Waals surface area contributed by atoms with Gasteiger partial charge < -0.3 is 10.2 Å². The Morgan fingerprint density at radius 2 is 1.96 bits per heavy atom. The van der Waals surface area contributed by atoms with E-state index in [1.807, 2.05) is 37.3 Å². The highest BCUT2D eigenvalue weighted by Gasteiger charge is 2.18. The summed E-state index contributed by atoms with van der Waals surface area (Å²) in [6, 6.07) is 16.1. The molecule has 1 aromatic heterocycles. The number of aromatic nitrogens is 2. The fraction of sp³-hybridized carbons (Fsp3) is 0.200. The van der Waals surface area contributed by atoms with Gasteiger partial charge in [0.15, 0.2) is 0 Å². The number of halogens is 2. The fourth-order valence-electron chi connectivity index (χ4n) is 3.21. The standard InChI is InChI=1S/C20H18BrClN4/c1-13-23-19(25-18-4-2-3-17(22)10-18)11-20(24-13)26-8-7-14-9-16(21)6-5-15(14)12-26/h2-6,9-11H,7-8,12H2,1H3,(H,23,24,25). The van der Waals surface area contributed by atoms with Crippen LogP contribution in [0.15, 0.2) is 53.0 Å². The Hall–Kier alpha value is -2.11. The molecular formula is C20H18BrClN4. The van der Waals surface area contributed by atoms with E-state index in [2.05, 4.69) is 54.3 Å². The molecule has 0 unspecified atom stereocenters. The fourth-order valence-corrected chi connectivity index (χ4v) is 3.81. The van der Waals surface area contributed by atoms with Crippen LogP contribution in [0.25, 0.3) is 0 Å². The lowest BCUT2D eigenvalue weighted by Crippen LogP contribution is -2.31. The molecule has 0 saturated heterocycles. The molecule has 0 fully saturated rings. The predicted octanol–water partition coefficient (Wildman–Crippen LogP) is 5.51. The molecule has 0 aliphatic carbocycles. The van der Waals surface area contributed by atoms with Gasteiger partial charge in [-0.2, -0.15) is 0 Å². The topological polar surface area (TPSA) is 41.1 Å². The van der Waals surface area contributed by atoms with Crippen molar-refractivity contribution in [3.05, 3.63) is 75.0 Å². The van der Waals surface area contributed by atoms with Gasteiger partial charge in [-0.15, -0.1) is 0 Å². The van der Waals surface area contributed by atoms with Crippen molar-refractivity contribution >= 4 is 44.9 Å². The van der Waals surface area contributed by atoms with Crippen LogP contribution in [0.5, 0.6) is 0 Å². The largest absolute Gasteiger partial charge is 0.352 e. The van der Waals surface area contributed by atoms with Crippen molar-refractivity contribution in [3.8, 4) is 0 Å². The van der Waals surface area contributed by atoms with Crippen LogP contribution < -0.4 is 10.2 Å². The average Bonchev–Trinajstić information content (AvgIpc) is 2.61. The number of hydrogen-bond donors (Lipinski definition) is 1. The summed E-state index contributed by atoms with van der Waals surface area (Å²) < 4.78 is 1.13. The second-order valence-corrected chi connectivity index (χ2v) is 7.73. The first-order valence-electron chi connectivity index (χ1n) is 8.47. The first-order valence-corrected chi connectivity index (χ1v) is 9.64. The molecule has 0 spiro atoms. The van der Waals surface area contributed by atoms with Crippen LogP contribution in [0.3, 0.4) is 0 Å². The van der Waals surface area contributed by atoms with E-state index in [-0.39, 0.29) is 0 Å². The summed E-state index contributed by atoms with van der Waals surface area (Å²) in [4.78, 5) is 11.5. The van der Waals surface area contributed by atoms with Gasteiger partial charge in [0, 0.05) is 34.3 Å². The number of rotatable bonds is 3. The smallest absolute Gasteiger partial charge is 0.136 e. The summed E-state index contributed by atoms with van der Waals surface area (Å²) in [7, 11) is 0. The van der Waals surface area contributed by atoms with Gasteiger partial charge in [-0.25, -0.2) is 9.97 Å². The predicted molar refractivity (Wildman–Crippen MR) is 110 cm³/mol. The van der Waals surface area contributed by atoms with Crippen molar-refractivity contribution in [1.29, 1.82) is 0 Å². The second kappa shape index (κ2) is 7.25. The first kappa shape index (κ1) is 17.3. The van der Waals surface area contributed by atoms with Crippen LogP contribution in [0.1, 0.15) is 17.0 Å². The molecule has 132 valence electrons. The van der Waals surface area contributed by atoms with E-state index in [0.717, 1.165) is 47.1 Å². The third-order valence-corrected chi connectivity index (χ3v) is 5.15. The summed E-state index contributed by atoms with van der Waals surface area (Å²) in [6.45, 7) is 3.72. The highest BCUT2D eigenvalue weighted by molar-refractivity contribution is 9.10. The molecule has 0 bridgehead atoms. The zero-order valence-electron chi connectivity index (χ0n) is 14.3. The highest BCUT2D eigenvalue weighted by Crippen LogP contribution is 2.27. The lowest BCUT2D eigenvalue weighted by atomic mass is 10.00. The number of anilines is 3. The van der Waals surface area contributed by atoms with Gasteiger partial charge in [0.05, 0.1) is 0 Å². The van der Waals surface area contributed by atoms with Crippen LogP contribution in [0, 0.1) is 6.92 Å². The summed E-state index contributed by atoms with van der Waals surface area (Å²) in [5.41, 5.74) is 3.66. The molecule has 26 heavy (non-hydrogen) atoms. The van der Waals surface area contributed by atoms with E-state index in [1.54, 1.807) is 0 Å². The molecular weight excluding hydrogens is 412 g/mol. The Bertz CT molecular complexity index is 960. The first-order chi connectivity index (χ1) is 12.6. The quantitative estimate of drug-likeness (QED) is 0.596. The molecule has 4 nitrogen and oxygen atoms in total. The maximum absolute atomic E-state index is 6.07. The summed E-state index contributed by atoms with van der Waals surface area (Å²) in [6.07, 6.45) is 1.01. The number of nitrogens with one attached hydrogen (secondary N) is 1. The van der Waals surface area contributed by atoms with Crippen LogP contribution in [0.4, 0.5) is 17.3 Å². The summed E-state index contributed by atoms with van der Waals surface area (Å²) >= 11 is 9.62. The molecule has 2 heterocycles. The van der Waals surface area contributed by atoms with E-state index >= 15 is 0 Å². The van der Waals surface area contributed by atoms with Crippen molar-refractivity contribution in [2.24, 2.45) is 0 Å². The number of fused-ring (bicyclic) bond motifs is 1. The van der Waals surface area contributed by atoms with E-state index in [4.69, 9.17) is 11.6 Å². The van der Waals surface area contributed by atoms with Gasteiger partial charge in [-0.1, -0.05) is 39.7 Å². The number of benzene rings is 2. The van der Waals surface area contributed by atoms with Gasteiger partial charge >= 0.3 is 0 Å². The van der Waals surface area contributed by atoms with Crippen LogP contribution >= 0.6 is 27.5 Å². The van der Waals surface area contributed by atoms with Gasteiger partial charge in [-0.3, -0.25) is 0 Å². The van der Waals surface area contributed by atoms with Crippen molar-refractivity contribution in [3.63, 3.8) is 0 Å². The lowest BCUT2D eigenvalue weighted by Gasteiger charge is -2.30. The van der Waals surface area contributed by atoms with Crippen molar-refractivity contribution in [2.45, 2.75) is 19.9 Å². The summed E-state index contributed by atoms with van der Waals surface area (Å²) in [5, 5.41) is 4.02. The molecule has 0 saturated carbocycles. The van der Waals surface area contributed by atoms with E-state index < -0.39 is 0 Å². The normalized spacial score (nSPS) is 13.4. The molecule has 4 rings (SSSR count). The SMILES string of the molecule is Cc1nc(Nc2cccc(Cl)c2)cc(N2CCc3cc(Br)ccc3C2)n1. The van der Waals surface area contributed by atoms with Crippen molar-refractivity contribution < 1.29 is 0 Å². The van der Waals surface area contributed by atoms with Crippen LogP contribution in [-0.2, 0) is 13.0 Å². The Morgan fingerprint density at radius 1 is 1.08 bits per heavy atom. The molecule has 0 radical (unpaired) electrons. The minimum atomic E-state index is 0.694. The lowest BCUT2D eigenvalue weighted by molar-refractivity contribution is 0.717. The van der Waals surface area contributed by atoms with Crippen LogP contribution in [-0.4, -0.2) is 16.5 Å². The van der Waals surface area contributed by atoms with Gasteiger partial charge in [0.2, 0.25) is 0 Å². The molecule has 0 amide bonds. The Labute approximate surface area is 166 Å². The third-order valence-electron chi connectivity index (χ3n) is 4.43. The Kier molecular flexibility index (Phi) is 4.83. The molecule has 2 aromatic carbocycles. The maximum atomic E-state index is 6.07. The molecule has 6 heteroatoms. The average molecular weight is 430 g/mol. The molecule has 1 N–H and O–H groups in total. The van der Waals surface area contributed by atoms with E-state index in [1.165, 1.54) is 11.1 Å². The van der Waals surface area contributed by atoms with E-state index in [9.17, 15) is 0 Å². The van der Waals surface area contributed by atoms with Gasteiger partial charge in [0.1, 0.15) is 17.5 Å². The molecule has 1 aliphatic rings. The molecule has 1 aliphatic heterocycles. The minimum Gasteiger partial charge on any atom is -0.352 e.